The van der Waals surface area contributed by atoms with Crippen molar-refractivity contribution in [1.82, 2.24) is 0 Å². The number of ether oxygens (including phenoxy) is 2. The fraction of sp³-hybridized carbons (Fsp3) is 0.222. The molecule has 0 aliphatic heterocycles. The van der Waals surface area contributed by atoms with Gasteiger partial charge in [0.1, 0.15) is 11.9 Å². The normalized spacial score (nSPS) is 12.9. The Hall–Kier alpha value is -2.10. The van der Waals surface area contributed by atoms with E-state index >= 15 is 0 Å². The number of benzene rings is 2. The van der Waals surface area contributed by atoms with Crippen LogP contribution in [0.5, 0.6) is 5.75 Å². The van der Waals surface area contributed by atoms with Crippen molar-refractivity contribution in [3.8, 4) is 5.75 Å². The minimum atomic E-state index is -3.82. The quantitative estimate of drug-likeness (QED) is 0.540. The second-order valence-electron chi connectivity index (χ2n) is 5.16. The van der Waals surface area contributed by atoms with Gasteiger partial charge in [0.2, 0.25) is 5.52 Å². The molecule has 0 aliphatic carbocycles. The number of esters is 1. The average molecular weight is 381 g/mol. The third-order valence-corrected chi connectivity index (χ3v) is 6.60. The number of hydrogen-bond acceptors (Lipinski definition) is 5. The Morgan fingerprint density at radius 1 is 1.08 bits per heavy atom. The highest BCUT2D eigenvalue weighted by Gasteiger charge is 2.39. The fourth-order valence-electron chi connectivity index (χ4n) is 2.40. The Kier molecular flexibility index (Phi) is 6.40. The predicted octanol–water partition coefficient (Wildman–Crippen LogP) is 3.74. The molecule has 0 saturated heterocycles. The van der Waals surface area contributed by atoms with E-state index < -0.39 is 24.8 Å². The monoisotopic (exact) mass is 380 g/mol. The summed E-state index contributed by atoms with van der Waals surface area (Å²) in [7, 11) is -2.43. The van der Waals surface area contributed by atoms with Gasteiger partial charge in [-0.25, -0.2) is 0 Å². The molecule has 25 heavy (non-hydrogen) atoms. The molecule has 0 aromatic heterocycles. The lowest BCUT2D eigenvalue weighted by Gasteiger charge is -2.19. The first-order valence-corrected chi connectivity index (χ1v) is 9.88. The van der Waals surface area contributed by atoms with Gasteiger partial charge in [0.25, 0.3) is 0 Å². The molecule has 1 atom stereocenters. The molecule has 0 fully saturated rings. The Morgan fingerprint density at radius 3 is 2.36 bits per heavy atom. The first-order chi connectivity index (χ1) is 11.9. The SMILES string of the molecule is CCOC(=O)CP(=O)(C(=O)c1c(Cl)cccc1OC)c1ccccc1. The largest absolute Gasteiger partial charge is 0.496 e. The third kappa shape index (κ3) is 4.12. The molecule has 0 aliphatic rings. The average Bonchev–Trinajstić information content (AvgIpc) is 2.61. The summed E-state index contributed by atoms with van der Waals surface area (Å²) < 4.78 is 23.7. The molecule has 0 bridgehead atoms. The summed E-state index contributed by atoms with van der Waals surface area (Å²) in [6.45, 7) is 1.78. The third-order valence-electron chi connectivity index (χ3n) is 3.57. The van der Waals surface area contributed by atoms with Gasteiger partial charge in [-0.3, -0.25) is 9.59 Å². The topological polar surface area (TPSA) is 69.7 Å². The number of carbonyl (C=O) groups excluding carboxylic acids is 2. The van der Waals surface area contributed by atoms with E-state index in [1.54, 1.807) is 49.4 Å². The number of hydrogen-bond donors (Lipinski definition) is 0. The molecule has 0 radical (unpaired) electrons. The van der Waals surface area contributed by atoms with Gasteiger partial charge in [-0.05, 0) is 19.1 Å². The van der Waals surface area contributed by atoms with E-state index in [1.165, 1.54) is 13.2 Å². The van der Waals surface area contributed by atoms with Gasteiger partial charge < -0.3 is 14.0 Å². The smallest absolute Gasteiger partial charge is 0.314 e. The van der Waals surface area contributed by atoms with Crippen molar-refractivity contribution >= 4 is 35.5 Å². The molecular formula is C18H18ClO5P. The Morgan fingerprint density at radius 2 is 1.76 bits per heavy atom. The van der Waals surface area contributed by atoms with Crippen LogP contribution >= 0.6 is 18.7 Å². The van der Waals surface area contributed by atoms with E-state index in [1.807, 2.05) is 0 Å². The van der Waals surface area contributed by atoms with Crippen LogP contribution in [-0.4, -0.2) is 31.4 Å². The maximum absolute atomic E-state index is 13.7. The second-order valence-corrected chi connectivity index (χ2v) is 8.29. The van der Waals surface area contributed by atoms with E-state index in [-0.39, 0.29) is 28.2 Å². The zero-order chi connectivity index (χ0) is 18.4. The highest BCUT2D eigenvalue weighted by molar-refractivity contribution is 7.88. The maximum atomic E-state index is 13.7. The van der Waals surface area contributed by atoms with Crippen molar-refractivity contribution < 1.29 is 23.6 Å². The van der Waals surface area contributed by atoms with Crippen LogP contribution < -0.4 is 10.0 Å². The van der Waals surface area contributed by atoms with Crippen molar-refractivity contribution in [3.63, 3.8) is 0 Å². The molecule has 0 heterocycles. The van der Waals surface area contributed by atoms with Crippen LogP contribution in [0.4, 0.5) is 0 Å². The van der Waals surface area contributed by atoms with Gasteiger partial charge in [-0.2, -0.15) is 0 Å². The van der Waals surface area contributed by atoms with Crippen molar-refractivity contribution in [3.05, 3.63) is 59.1 Å². The van der Waals surface area contributed by atoms with Gasteiger partial charge in [0, 0.05) is 5.30 Å². The van der Waals surface area contributed by atoms with Crippen molar-refractivity contribution in [2.75, 3.05) is 19.9 Å². The lowest BCUT2D eigenvalue weighted by atomic mass is 10.2. The lowest BCUT2D eigenvalue weighted by molar-refractivity contribution is -0.140. The lowest BCUT2D eigenvalue weighted by Crippen LogP contribution is -2.22. The summed E-state index contributed by atoms with van der Waals surface area (Å²) in [4.78, 5) is 25.2. The Labute approximate surface area is 151 Å². The highest BCUT2D eigenvalue weighted by atomic mass is 35.5. The summed E-state index contributed by atoms with van der Waals surface area (Å²) in [6, 6.07) is 12.8. The first kappa shape index (κ1) is 19.2. The van der Waals surface area contributed by atoms with Crippen LogP contribution in [-0.2, 0) is 14.1 Å². The van der Waals surface area contributed by atoms with Crippen LogP contribution in [0.25, 0.3) is 0 Å². The van der Waals surface area contributed by atoms with Crippen LogP contribution in [0.15, 0.2) is 48.5 Å². The predicted molar refractivity (Wildman–Crippen MR) is 97.5 cm³/mol. The molecule has 7 heteroatoms. The summed E-state index contributed by atoms with van der Waals surface area (Å²) in [5.74, 6) is -0.494. The second kappa shape index (κ2) is 8.32. The van der Waals surface area contributed by atoms with E-state index in [2.05, 4.69) is 0 Å². The molecule has 5 nitrogen and oxygen atoms in total. The Balaban J connectivity index is 2.59. The molecule has 2 rings (SSSR count). The number of methoxy groups -OCH3 is 1. The van der Waals surface area contributed by atoms with Gasteiger partial charge in [-0.1, -0.05) is 48.0 Å². The number of carbonyl (C=O) groups is 2. The molecule has 0 amide bonds. The molecule has 0 spiro atoms. The van der Waals surface area contributed by atoms with Crippen LogP contribution in [0, 0.1) is 0 Å². The van der Waals surface area contributed by atoms with Crippen LogP contribution in [0.2, 0.25) is 5.02 Å². The molecular weight excluding hydrogens is 363 g/mol. The summed E-state index contributed by atoms with van der Waals surface area (Å²) in [5, 5.41) is 0.388. The molecule has 2 aromatic carbocycles. The summed E-state index contributed by atoms with van der Waals surface area (Å²) in [5.41, 5.74) is -0.725. The van der Waals surface area contributed by atoms with Gasteiger partial charge in [0.15, 0.2) is 7.14 Å². The van der Waals surface area contributed by atoms with E-state index in [9.17, 15) is 14.2 Å². The van der Waals surface area contributed by atoms with Gasteiger partial charge >= 0.3 is 5.97 Å². The van der Waals surface area contributed by atoms with Gasteiger partial charge in [-0.15, -0.1) is 0 Å². The summed E-state index contributed by atoms with van der Waals surface area (Å²) >= 11 is 6.16. The molecule has 0 N–H and O–H groups in total. The molecule has 132 valence electrons. The standard InChI is InChI=1S/C18H18ClO5P/c1-3-24-16(20)12-25(22,13-8-5-4-6-9-13)18(21)17-14(19)10-7-11-15(17)23-2/h4-11H,3,12H2,1-2H3. The minimum absolute atomic E-state index is 0.00292. The highest BCUT2D eigenvalue weighted by Crippen LogP contribution is 2.50. The maximum Gasteiger partial charge on any atom is 0.314 e. The number of rotatable bonds is 7. The zero-order valence-corrected chi connectivity index (χ0v) is 15.5. The van der Waals surface area contributed by atoms with E-state index in [4.69, 9.17) is 21.1 Å². The molecule has 0 saturated carbocycles. The van der Waals surface area contributed by atoms with Gasteiger partial charge in [0.05, 0.1) is 24.3 Å². The minimum Gasteiger partial charge on any atom is -0.496 e. The van der Waals surface area contributed by atoms with E-state index in [0.717, 1.165) is 0 Å². The molecule has 2 aromatic rings. The Bertz CT molecular complexity index is 819. The van der Waals surface area contributed by atoms with E-state index in [0.29, 0.717) is 0 Å². The zero-order valence-electron chi connectivity index (χ0n) is 13.9. The van der Waals surface area contributed by atoms with Crippen LogP contribution in [0.3, 0.4) is 0 Å². The molecule has 1 unspecified atom stereocenters. The first-order valence-electron chi connectivity index (χ1n) is 7.61. The number of halogens is 1. The summed E-state index contributed by atoms with van der Waals surface area (Å²) in [6.07, 6.45) is -0.530. The van der Waals surface area contributed by atoms with Crippen molar-refractivity contribution in [1.29, 1.82) is 0 Å². The van der Waals surface area contributed by atoms with Crippen molar-refractivity contribution in [2.45, 2.75) is 6.92 Å². The fourth-order valence-corrected chi connectivity index (χ4v) is 4.98. The van der Waals surface area contributed by atoms with Crippen LogP contribution in [0.1, 0.15) is 17.3 Å². The van der Waals surface area contributed by atoms with Crippen molar-refractivity contribution in [2.24, 2.45) is 0 Å².